The van der Waals surface area contributed by atoms with Gasteiger partial charge in [0.05, 0.1) is 11.4 Å². The number of benzene rings is 2. The molecule has 0 atom stereocenters. The Balaban J connectivity index is 1.63. The largest absolute Gasteiger partial charge is 0.325 e. The Kier molecular flexibility index (Phi) is 4.90. The molecule has 3 rings (SSSR count). The van der Waals surface area contributed by atoms with Crippen molar-refractivity contribution < 1.29 is 4.79 Å². The Labute approximate surface area is 144 Å². The number of nitrogens with zero attached hydrogens (tertiary/aromatic N) is 4. The van der Waals surface area contributed by atoms with Crippen molar-refractivity contribution in [2.24, 2.45) is 0 Å². The summed E-state index contributed by atoms with van der Waals surface area (Å²) in [6, 6.07) is 15.6. The smallest absolute Gasteiger partial charge is 0.234 e. The number of aryl methyl sites for hydroxylation is 2. The van der Waals surface area contributed by atoms with Gasteiger partial charge in [-0.25, -0.2) is 0 Å². The van der Waals surface area contributed by atoms with Gasteiger partial charge in [0.1, 0.15) is 0 Å². The first-order valence-corrected chi connectivity index (χ1v) is 8.45. The molecule has 6 nitrogen and oxygen atoms in total. The van der Waals surface area contributed by atoms with E-state index in [1.807, 2.05) is 62.4 Å². The lowest BCUT2D eigenvalue weighted by molar-refractivity contribution is -0.113. The number of hydrogen-bond acceptors (Lipinski definition) is 5. The first kappa shape index (κ1) is 16.2. The number of carbonyl (C=O) groups excluding carboxylic acids is 1. The molecule has 122 valence electrons. The summed E-state index contributed by atoms with van der Waals surface area (Å²) in [5.74, 6) is 0.141. The maximum atomic E-state index is 12.1. The molecule has 0 aliphatic carbocycles. The second kappa shape index (κ2) is 7.27. The quantitative estimate of drug-likeness (QED) is 0.724. The minimum absolute atomic E-state index is 0.0951. The van der Waals surface area contributed by atoms with Crippen molar-refractivity contribution in [3.63, 3.8) is 0 Å². The molecule has 0 radical (unpaired) electrons. The predicted octanol–water partition coefficient (Wildman–Crippen LogP) is 3.01. The van der Waals surface area contributed by atoms with Gasteiger partial charge in [-0.05, 0) is 48.5 Å². The van der Waals surface area contributed by atoms with E-state index in [9.17, 15) is 4.79 Å². The minimum Gasteiger partial charge on any atom is -0.325 e. The molecule has 24 heavy (non-hydrogen) atoms. The van der Waals surface area contributed by atoms with E-state index in [0.717, 1.165) is 16.9 Å². The van der Waals surface area contributed by atoms with Crippen LogP contribution in [0.5, 0.6) is 0 Å². The highest BCUT2D eigenvalue weighted by Gasteiger charge is 2.11. The van der Waals surface area contributed by atoms with Crippen LogP contribution in [0.3, 0.4) is 0 Å². The molecular formula is C17H17N5OS. The SMILES string of the molecule is Cc1ccc(NC(=O)CSc2nnnn2-c2ccc(C)cc2)cc1. The number of thioether (sulfide) groups is 1. The maximum absolute atomic E-state index is 12.1. The molecule has 2 aromatic carbocycles. The summed E-state index contributed by atoms with van der Waals surface area (Å²) in [5, 5.41) is 15.1. The summed E-state index contributed by atoms with van der Waals surface area (Å²) in [7, 11) is 0. The van der Waals surface area contributed by atoms with Gasteiger partial charge < -0.3 is 5.32 Å². The first-order chi connectivity index (χ1) is 11.6. The predicted molar refractivity (Wildman–Crippen MR) is 94.4 cm³/mol. The first-order valence-electron chi connectivity index (χ1n) is 7.46. The van der Waals surface area contributed by atoms with Crippen LogP contribution in [0.2, 0.25) is 0 Å². The van der Waals surface area contributed by atoms with E-state index in [2.05, 4.69) is 20.8 Å². The summed E-state index contributed by atoms with van der Waals surface area (Å²) in [5.41, 5.74) is 3.97. The van der Waals surface area contributed by atoms with Gasteiger partial charge in [-0.1, -0.05) is 47.2 Å². The van der Waals surface area contributed by atoms with Crippen LogP contribution in [-0.4, -0.2) is 31.9 Å². The van der Waals surface area contributed by atoms with Crippen LogP contribution in [0.15, 0.2) is 53.7 Å². The van der Waals surface area contributed by atoms with Gasteiger partial charge in [0.25, 0.3) is 0 Å². The molecule has 1 N–H and O–H groups in total. The highest BCUT2D eigenvalue weighted by atomic mass is 32.2. The molecule has 7 heteroatoms. The van der Waals surface area contributed by atoms with Gasteiger partial charge in [-0.15, -0.1) is 5.10 Å². The Hall–Kier alpha value is -2.67. The number of hydrogen-bond donors (Lipinski definition) is 1. The third-order valence-corrected chi connectivity index (χ3v) is 4.31. The van der Waals surface area contributed by atoms with Crippen LogP contribution in [-0.2, 0) is 4.79 Å². The van der Waals surface area contributed by atoms with Gasteiger partial charge >= 0.3 is 0 Å². The molecule has 0 unspecified atom stereocenters. The Bertz CT molecular complexity index is 827. The van der Waals surface area contributed by atoms with Crippen LogP contribution in [0.25, 0.3) is 5.69 Å². The van der Waals surface area contributed by atoms with Gasteiger partial charge in [0, 0.05) is 5.69 Å². The lowest BCUT2D eigenvalue weighted by Gasteiger charge is -2.06. The van der Waals surface area contributed by atoms with Crippen molar-refractivity contribution in [1.29, 1.82) is 0 Å². The number of carbonyl (C=O) groups is 1. The Morgan fingerprint density at radius 1 is 1.04 bits per heavy atom. The average molecular weight is 339 g/mol. The number of nitrogens with one attached hydrogen (secondary N) is 1. The third-order valence-electron chi connectivity index (χ3n) is 3.39. The van der Waals surface area contributed by atoms with Crippen molar-refractivity contribution in [2.45, 2.75) is 19.0 Å². The number of tetrazole rings is 1. The van der Waals surface area contributed by atoms with E-state index in [1.165, 1.54) is 17.3 Å². The van der Waals surface area contributed by atoms with Crippen LogP contribution < -0.4 is 5.32 Å². The van der Waals surface area contributed by atoms with E-state index in [0.29, 0.717) is 5.16 Å². The van der Waals surface area contributed by atoms with Gasteiger partial charge in [-0.2, -0.15) is 4.68 Å². The fraction of sp³-hybridized carbons (Fsp3) is 0.176. The summed E-state index contributed by atoms with van der Waals surface area (Å²) < 4.78 is 1.63. The van der Waals surface area contributed by atoms with Crippen molar-refractivity contribution in [3.8, 4) is 5.69 Å². The number of anilines is 1. The average Bonchev–Trinajstić information content (AvgIpc) is 3.04. The topological polar surface area (TPSA) is 72.7 Å². The van der Waals surface area contributed by atoms with Gasteiger partial charge in [0.15, 0.2) is 0 Å². The van der Waals surface area contributed by atoms with Crippen molar-refractivity contribution in [3.05, 3.63) is 59.7 Å². The van der Waals surface area contributed by atoms with Crippen LogP contribution >= 0.6 is 11.8 Å². The molecule has 0 spiro atoms. The van der Waals surface area contributed by atoms with Crippen LogP contribution in [0, 0.1) is 13.8 Å². The fourth-order valence-electron chi connectivity index (χ4n) is 2.08. The molecule has 0 saturated heterocycles. The zero-order valence-corrected chi connectivity index (χ0v) is 14.2. The van der Waals surface area contributed by atoms with Crippen LogP contribution in [0.4, 0.5) is 5.69 Å². The van der Waals surface area contributed by atoms with E-state index in [-0.39, 0.29) is 11.7 Å². The monoisotopic (exact) mass is 339 g/mol. The molecule has 1 aromatic heterocycles. The zero-order valence-electron chi connectivity index (χ0n) is 13.4. The molecule has 1 amide bonds. The number of rotatable bonds is 5. The highest BCUT2D eigenvalue weighted by Crippen LogP contribution is 2.19. The second-order valence-corrected chi connectivity index (χ2v) is 6.35. The summed E-state index contributed by atoms with van der Waals surface area (Å²) in [6.07, 6.45) is 0. The Morgan fingerprint density at radius 2 is 1.67 bits per heavy atom. The summed E-state index contributed by atoms with van der Waals surface area (Å²) in [4.78, 5) is 12.1. The third kappa shape index (κ3) is 3.99. The molecular weight excluding hydrogens is 322 g/mol. The number of aromatic nitrogens is 4. The summed E-state index contributed by atoms with van der Waals surface area (Å²) in [6.45, 7) is 4.03. The maximum Gasteiger partial charge on any atom is 0.234 e. The van der Waals surface area contributed by atoms with E-state index in [4.69, 9.17) is 0 Å². The summed E-state index contributed by atoms with van der Waals surface area (Å²) >= 11 is 1.30. The highest BCUT2D eigenvalue weighted by molar-refractivity contribution is 7.99. The van der Waals surface area contributed by atoms with E-state index < -0.39 is 0 Å². The van der Waals surface area contributed by atoms with Crippen molar-refractivity contribution >= 4 is 23.4 Å². The molecule has 3 aromatic rings. The number of amides is 1. The molecule has 1 heterocycles. The van der Waals surface area contributed by atoms with Crippen LogP contribution in [0.1, 0.15) is 11.1 Å². The van der Waals surface area contributed by atoms with E-state index >= 15 is 0 Å². The molecule has 0 bridgehead atoms. The van der Waals surface area contributed by atoms with Gasteiger partial charge in [-0.3, -0.25) is 4.79 Å². The lowest BCUT2D eigenvalue weighted by Crippen LogP contribution is -2.14. The Morgan fingerprint density at radius 3 is 2.33 bits per heavy atom. The van der Waals surface area contributed by atoms with Crippen molar-refractivity contribution in [2.75, 3.05) is 11.1 Å². The van der Waals surface area contributed by atoms with Gasteiger partial charge in [0.2, 0.25) is 11.1 Å². The molecule has 0 saturated carbocycles. The lowest BCUT2D eigenvalue weighted by atomic mass is 10.2. The molecule has 0 aliphatic rings. The second-order valence-electron chi connectivity index (χ2n) is 5.41. The molecule has 0 aliphatic heterocycles. The zero-order chi connectivity index (χ0) is 16.9. The molecule has 0 fully saturated rings. The fourth-order valence-corrected chi connectivity index (χ4v) is 2.77. The standard InChI is InChI=1S/C17H17N5OS/c1-12-3-7-14(8-4-12)18-16(23)11-24-17-19-20-21-22(17)15-9-5-13(2)6-10-15/h3-10H,11H2,1-2H3,(H,18,23). The van der Waals surface area contributed by atoms with E-state index in [1.54, 1.807) is 4.68 Å². The minimum atomic E-state index is -0.0951. The van der Waals surface area contributed by atoms with Crippen molar-refractivity contribution in [1.82, 2.24) is 20.2 Å². The normalized spacial score (nSPS) is 10.6.